The van der Waals surface area contributed by atoms with E-state index in [0.29, 0.717) is 0 Å². The molecule has 26 rings (SSSR count). The van der Waals surface area contributed by atoms with E-state index in [4.69, 9.17) is 0 Å². The fourth-order valence-electron chi connectivity index (χ4n) is 22.7. The van der Waals surface area contributed by atoms with Crippen LogP contribution in [0.15, 0.2) is 376 Å². The van der Waals surface area contributed by atoms with Crippen molar-refractivity contribution >= 4 is 79.0 Å². The lowest BCUT2D eigenvalue weighted by atomic mass is 9.33. The van der Waals surface area contributed by atoms with Crippen molar-refractivity contribution < 1.29 is 0 Å². The van der Waals surface area contributed by atoms with Crippen LogP contribution in [0.2, 0.25) is 0 Å². The van der Waals surface area contributed by atoms with Crippen molar-refractivity contribution in [2.45, 2.75) is 16.2 Å². The van der Waals surface area contributed by atoms with E-state index in [1.54, 1.807) is 0 Å². The molecule has 0 amide bonds. The Morgan fingerprint density at radius 3 is 0.954 bits per heavy atom. The van der Waals surface area contributed by atoms with Gasteiger partial charge in [-0.25, -0.2) is 0 Å². The molecule has 18 aromatic rings. The first kappa shape index (κ1) is 58.5. The van der Waals surface area contributed by atoms with Crippen LogP contribution in [0.3, 0.4) is 0 Å². The minimum absolute atomic E-state index is 0.279. The fourth-order valence-corrected chi connectivity index (χ4v) is 22.7. The summed E-state index contributed by atoms with van der Waals surface area (Å²) >= 11 is 0. The topological polar surface area (TPSA) is 11.4 Å². The van der Waals surface area contributed by atoms with Crippen molar-refractivity contribution in [3.05, 3.63) is 443 Å². The first-order chi connectivity index (χ1) is 54.1. The Kier molecular flexibility index (Phi) is 11.2. The smallest absolute Gasteiger partial charge is 0.252 e. The number of anilines is 6. The number of benzene rings is 17. The zero-order valence-corrected chi connectivity index (χ0v) is 59.2. The van der Waals surface area contributed by atoms with Gasteiger partial charge in [-0.05, 0) is 222 Å². The largest absolute Gasteiger partial charge is 0.311 e. The summed E-state index contributed by atoms with van der Waals surface area (Å²) in [6.45, 7) is -0.279. The second kappa shape index (κ2) is 20.8. The van der Waals surface area contributed by atoms with E-state index in [2.05, 4.69) is 390 Å². The highest BCUT2D eigenvalue weighted by Gasteiger charge is 2.58. The van der Waals surface area contributed by atoms with Gasteiger partial charge < -0.3 is 14.4 Å². The summed E-state index contributed by atoms with van der Waals surface area (Å²) in [6.07, 6.45) is 0. The molecule has 0 fully saturated rings. The average molecular weight is 1380 g/mol. The number of hydrogen-bond donors (Lipinski definition) is 0. The quantitative estimate of drug-likeness (QED) is 0.163. The van der Waals surface area contributed by atoms with E-state index in [1.807, 2.05) is 0 Å². The third-order valence-corrected chi connectivity index (χ3v) is 26.6. The van der Waals surface area contributed by atoms with Crippen molar-refractivity contribution in [1.29, 1.82) is 0 Å². The van der Waals surface area contributed by atoms with Crippen LogP contribution in [0.1, 0.15) is 66.8 Å². The maximum absolute atomic E-state index is 2.74. The Bertz CT molecular complexity index is 6960. The second-order valence-electron chi connectivity index (χ2n) is 31.1. The maximum Gasteiger partial charge on any atom is 0.252 e. The Morgan fingerprint density at radius 1 is 0.193 bits per heavy atom. The van der Waals surface area contributed by atoms with Gasteiger partial charge in [-0.15, -0.1) is 0 Å². The van der Waals surface area contributed by atoms with Crippen molar-refractivity contribution in [2.75, 3.05) is 9.80 Å². The molecule has 2 aliphatic heterocycles. The first-order valence-electron chi connectivity index (χ1n) is 38.4. The Balaban J connectivity index is 0.829. The van der Waals surface area contributed by atoms with Crippen LogP contribution in [0.5, 0.6) is 0 Å². The maximum atomic E-state index is 2.74. The van der Waals surface area contributed by atoms with Gasteiger partial charge in [-0.1, -0.05) is 315 Å². The van der Waals surface area contributed by atoms with Gasteiger partial charge in [0.1, 0.15) is 0 Å². The van der Waals surface area contributed by atoms with Crippen molar-refractivity contribution in [2.24, 2.45) is 0 Å². The van der Waals surface area contributed by atoms with E-state index < -0.39 is 16.2 Å². The molecular formula is C105H62BN3. The number of hydrogen-bond acceptors (Lipinski definition) is 2. The van der Waals surface area contributed by atoms with Crippen LogP contribution in [0.4, 0.5) is 34.1 Å². The summed E-state index contributed by atoms with van der Waals surface area (Å²) in [5, 5.41) is 2.44. The monoisotopic (exact) mass is 1380 g/mol. The van der Waals surface area contributed by atoms with E-state index in [1.165, 1.54) is 183 Å². The normalized spacial score (nSPS) is 15.0. The molecule has 1 aromatic heterocycles. The Labute approximate surface area is 631 Å². The molecule has 0 radical (unpaired) electrons. The number of aromatic nitrogens is 1. The lowest BCUT2D eigenvalue weighted by molar-refractivity contribution is 0.793. The molecule has 8 aliphatic rings. The van der Waals surface area contributed by atoms with Gasteiger partial charge in [0, 0.05) is 44.9 Å². The van der Waals surface area contributed by atoms with Crippen LogP contribution < -0.4 is 26.2 Å². The van der Waals surface area contributed by atoms with Crippen LogP contribution >= 0.6 is 0 Å². The SMILES string of the molecule is c1ccc(-c2ccc(N3c4cc5c(cc4B4c6cc7c(cc6N(c6ccc8c(c6)-c6ccccc6C86c8ccccc8-c8ccccc86)c6cc(-n8c9ccccc9c9ccccc98)cc3c64)-c3ccccc3C73c4ccccc4-c4ccccc43)-c3ccccc3C53c4ccccc4-c4ccccc43)cc2)cc1. The Hall–Kier alpha value is -13.8. The molecular weight excluding hydrogens is 1310 g/mol. The third-order valence-electron chi connectivity index (χ3n) is 26.6. The molecule has 0 bridgehead atoms. The second-order valence-corrected chi connectivity index (χ2v) is 31.1. The van der Waals surface area contributed by atoms with Crippen LogP contribution in [0.25, 0.3) is 105 Å². The minimum Gasteiger partial charge on any atom is -0.311 e. The number of rotatable bonds is 4. The number of nitrogens with zero attached hydrogens (tertiary/aromatic N) is 3. The van der Waals surface area contributed by atoms with E-state index in [0.717, 1.165) is 39.5 Å². The molecule has 3 spiro atoms. The van der Waals surface area contributed by atoms with Crippen LogP contribution in [0, 0.1) is 0 Å². The standard InChI is InChI=1S/C105H62BN3/c1-2-26-63(27-3-1)64-50-52-65(53-51-64)107-99-62-93-80(75-35-11-22-46-89(75)105(93)86-43-19-8-32-72(86)73-33-9-20-44-87(73)105)59-94(99)106-95-61-92-81(76-36-12-23-47-90(76)104(92)84-41-17-6-30-70(84)71-31-7-18-42-85(71)104)60-98(95)108(101-58-67(57-100(107)102(101)106)109-96-48-24-13-37-77(96)78-38-14-25-49-97(78)109)66-54-55-91-79(56-66)74-34-10-21-45-88(74)103(91)82-39-15-4-28-68(82)69-29-5-16-40-83(69)103/h1-62H. The highest BCUT2D eigenvalue weighted by atomic mass is 15.2. The van der Waals surface area contributed by atoms with E-state index in [-0.39, 0.29) is 6.71 Å². The molecule has 0 atom stereocenters. The molecule has 0 N–H and O–H groups in total. The lowest BCUT2D eigenvalue weighted by Gasteiger charge is -2.45. The fraction of sp³-hybridized carbons (Fsp3) is 0.0286. The van der Waals surface area contributed by atoms with Gasteiger partial charge in [-0.2, -0.15) is 0 Å². The summed E-state index contributed by atoms with van der Waals surface area (Å²) in [7, 11) is 0. The lowest BCUT2D eigenvalue weighted by Crippen LogP contribution is -2.61. The van der Waals surface area contributed by atoms with Gasteiger partial charge in [0.05, 0.1) is 33.0 Å². The minimum atomic E-state index is -0.613. The molecule has 17 aromatic carbocycles. The molecule has 0 saturated carbocycles. The van der Waals surface area contributed by atoms with Gasteiger partial charge >= 0.3 is 0 Å². The zero-order chi connectivity index (χ0) is 70.7. The molecule has 6 aliphatic carbocycles. The van der Waals surface area contributed by atoms with Crippen molar-refractivity contribution in [3.8, 4) is 83.6 Å². The first-order valence-corrected chi connectivity index (χ1v) is 38.4. The summed E-state index contributed by atoms with van der Waals surface area (Å²) < 4.78 is 2.56. The highest BCUT2D eigenvalue weighted by Crippen LogP contribution is 2.68. The summed E-state index contributed by atoms with van der Waals surface area (Å²) in [4.78, 5) is 5.41. The molecule has 0 saturated heterocycles. The molecule has 4 heteroatoms. The zero-order valence-electron chi connectivity index (χ0n) is 59.2. The molecule has 109 heavy (non-hydrogen) atoms. The summed E-state index contributed by atoms with van der Waals surface area (Å²) in [6, 6.07) is 146. The predicted molar refractivity (Wildman–Crippen MR) is 449 cm³/mol. The number of fused-ring (bicyclic) bond motifs is 37. The number of para-hydroxylation sites is 2. The van der Waals surface area contributed by atoms with Crippen LogP contribution in [-0.4, -0.2) is 11.3 Å². The molecule has 3 nitrogen and oxygen atoms in total. The van der Waals surface area contributed by atoms with E-state index in [9.17, 15) is 0 Å². The third kappa shape index (κ3) is 7.00. The highest BCUT2D eigenvalue weighted by molar-refractivity contribution is 7.00. The van der Waals surface area contributed by atoms with Gasteiger partial charge in [0.25, 0.3) is 6.71 Å². The molecule has 3 heterocycles. The summed E-state index contributed by atoms with van der Waals surface area (Å²) in [5.74, 6) is 0. The molecule has 500 valence electrons. The van der Waals surface area contributed by atoms with E-state index >= 15 is 0 Å². The van der Waals surface area contributed by atoms with Crippen LogP contribution in [-0.2, 0) is 16.2 Å². The van der Waals surface area contributed by atoms with Gasteiger partial charge in [0.2, 0.25) is 0 Å². The summed E-state index contributed by atoms with van der Waals surface area (Å²) in [5.41, 5.74) is 46.0. The van der Waals surface area contributed by atoms with Crippen molar-refractivity contribution in [3.63, 3.8) is 0 Å². The molecule has 0 unspecified atom stereocenters. The van der Waals surface area contributed by atoms with Crippen molar-refractivity contribution in [1.82, 2.24) is 4.57 Å². The van der Waals surface area contributed by atoms with Gasteiger partial charge in [0.15, 0.2) is 0 Å². The predicted octanol–water partition coefficient (Wildman–Crippen LogP) is 23.6. The van der Waals surface area contributed by atoms with Gasteiger partial charge in [-0.3, -0.25) is 0 Å². The Morgan fingerprint density at radius 2 is 0.505 bits per heavy atom. The average Bonchev–Trinajstić information content (AvgIpc) is 1.55.